The van der Waals surface area contributed by atoms with E-state index in [2.05, 4.69) is 20.8 Å². The van der Waals surface area contributed by atoms with Gasteiger partial charge < -0.3 is 4.90 Å². The van der Waals surface area contributed by atoms with Crippen molar-refractivity contribution in [2.24, 2.45) is 0 Å². The molecule has 94 valence electrons. The average Bonchev–Trinajstić information content (AvgIpc) is 2.41. The maximum atomic E-state index is 12.5. The molecule has 0 radical (unpaired) electrons. The van der Waals surface area contributed by atoms with Crippen molar-refractivity contribution in [1.82, 2.24) is 0 Å². The van der Waals surface area contributed by atoms with E-state index in [-0.39, 0.29) is 5.43 Å². The molecule has 2 heterocycles. The van der Waals surface area contributed by atoms with E-state index in [1.54, 1.807) is 11.3 Å². The monoisotopic (exact) mass is 323 g/mol. The van der Waals surface area contributed by atoms with Gasteiger partial charge in [0.25, 0.3) is 0 Å². The largest absolute Gasteiger partial charge is 0.368 e. The molecule has 1 aliphatic rings. The highest BCUT2D eigenvalue weighted by molar-refractivity contribution is 9.10. The van der Waals surface area contributed by atoms with Crippen molar-refractivity contribution >= 4 is 43.0 Å². The first kappa shape index (κ1) is 12.2. The van der Waals surface area contributed by atoms with Crippen molar-refractivity contribution in [3.05, 3.63) is 38.3 Å². The molecule has 1 saturated heterocycles. The van der Waals surface area contributed by atoms with E-state index in [4.69, 9.17) is 0 Å². The highest BCUT2D eigenvalue weighted by Gasteiger charge is 2.15. The van der Waals surface area contributed by atoms with Gasteiger partial charge in [-0.1, -0.05) is 15.9 Å². The van der Waals surface area contributed by atoms with Gasteiger partial charge in [-0.25, -0.2) is 0 Å². The Labute approximate surface area is 118 Å². The second kappa shape index (κ2) is 5.02. The van der Waals surface area contributed by atoms with Crippen LogP contribution in [0.5, 0.6) is 0 Å². The summed E-state index contributed by atoms with van der Waals surface area (Å²) in [5.74, 6) is 0. The first-order valence-electron chi connectivity index (χ1n) is 6.22. The van der Waals surface area contributed by atoms with E-state index in [1.165, 1.54) is 19.3 Å². The summed E-state index contributed by atoms with van der Waals surface area (Å²) in [6.07, 6.45) is 3.68. The van der Waals surface area contributed by atoms with Crippen LogP contribution in [0.4, 0.5) is 5.69 Å². The Kier molecular flexibility index (Phi) is 3.39. The Morgan fingerprint density at radius 2 is 1.94 bits per heavy atom. The molecule has 0 N–H and O–H groups in total. The van der Waals surface area contributed by atoms with E-state index in [0.29, 0.717) is 0 Å². The molecule has 18 heavy (non-hydrogen) atoms. The molecule has 1 aromatic carbocycles. The molecule has 0 aliphatic carbocycles. The van der Waals surface area contributed by atoms with Crippen LogP contribution < -0.4 is 10.3 Å². The number of rotatable bonds is 1. The van der Waals surface area contributed by atoms with Gasteiger partial charge in [0.05, 0.1) is 5.69 Å². The summed E-state index contributed by atoms with van der Waals surface area (Å²) in [7, 11) is 0. The number of halogens is 1. The molecule has 0 saturated carbocycles. The zero-order chi connectivity index (χ0) is 12.5. The lowest BCUT2D eigenvalue weighted by molar-refractivity contribution is 0.577. The fourth-order valence-corrected chi connectivity index (χ4v) is 3.73. The van der Waals surface area contributed by atoms with Crippen LogP contribution in [-0.2, 0) is 0 Å². The second-order valence-electron chi connectivity index (χ2n) is 4.64. The number of benzene rings is 1. The summed E-state index contributed by atoms with van der Waals surface area (Å²) >= 11 is 5.10. The molecular formula is C14H14BrNOS. The van der Waals surface area contributed by atoms with Gasteiger partial charge in [0.15, 0.2) is 0 Å². The number of hydrogen-bond acceptors (Lipinski definition) is 3. The zero-order valence-corrected chi connectivity index (χ0v) is 12.4. The van der Waals surface area contributed by atoms with Crippen LogP contribution in [0.2, 0.25) is 0 Å². The van der Waals surface area contributed by atoms with E-state index < -0.39 is 0 Å². The second-order valence-corrected chi connectivity index (χ2v) is 6.47. The van der Waals surface area contributed by atoms with Gasteiger partial charge in [-0.15, -0.1) is 11.3 Å². The van der Waals surface area contributed by atoms with Gasteiger partial charge in [-0.3, -0.25) is 4.79 Å². The minimum atomic E-state index is 0.173. The van der Waals surface area contributed by atoms with E-state index in [0.717, 1.165) is 33.3 Å². The first-order chi connectivity index (χ1) is 8.75. The van der Waals surface area contributed by atoms with Gasteiger partial charge in [0.2, 0.25) is 5.43 Å². The Morgan fingerprint density at radius 3 is 2.72 bits per heavy atom. The van der Waals surface area contributed by atoms with E-state index in [9.17, 15) is 4.79 Å². The van der Waals surface area contributed by atoms with Crippen LogP contribution in [-0.4, -0.2) is 13.1 Å². The molecule has 0 unspecified atom stereocenters. The lowest BCUT2D eigenvalue weighted by Gasteiger charge is -2.28. The molecule has 1 aromatic heterocycles. The summed E-state index contributed by atoms with van der Waals surface area (Å²) in [5.41, 5.74) is 1.05. The molecule has 0 spiro atoms. The van der Waals surface area contributed by atoms with Crippen molar-refractivity contribution in [3.63, 3.8) is 0 Å². The van der Waals surface area contributed by atoms with Crippen molar-refractivity contribution in [2.75, 3.05) is 18.0 Å². The molecule has 0 amide bonds. The molecule has 1 fully saturated rings. The third-order valence-corrected chi connectivity index (χ3v) is 4.86. The number of fused-ring (bicyclic) bond motifs is 1. The Balaban J connectivity index is 2.13. The van der Waals surface area contributed by atoms with Gasteiger partial charge in [-0.05, 0) is 37.5 Å². The van der Waals surface area contributed by atoms with Gasteiger partial charge in [0, 0.05) is 33.0 Å². The van der Waals surface area contributed by atoms with Crippen LogP contribution in [0.25, 0.3) is 10.1 Å². The quantitative estimate of drug-likeness (QED) is 0.790. The van der Waals surface area contributed by atoms with Crippen LogP contribution >= 0.6 is 27.3 Å². The maximum absolute atomic E-state index is 12.5. The summed E-state index contributed by atoms with van der Waals surface area (Å²) in [5, 5.41) is 2.85. The topological polar surface area (TPSA) is 20.3 Å². The van der Waals surface area contributed by atoms with Crippen LogP contribution in [0.3, 0.4) is 0 Å². The summed E-state index contributed by atoms with van der Waals surface area (Å²) in [4.78, 5) is 14.8. The lowest BCUT2D eigenvalue weighted by Crippen LogP contribution is -2.32. The highest BCUT2D eigenvalue weighted by atomic mass is 79.9. The summed E-state index contributed by atoms with van der Waals surface area (Å²) < 4.78 is 2.03. The van der Waals surface area contributed by atoms with E-state index in [1.807, 2.05) is 23.6 Å². The predicted molar refractivity (Wildman–Crippen MR) is 81.9 cm³/mol. The average molecular weight is 324 g/mol. The molecular weight excluding hydrogens is 310 g/mol. The van der Waals surface area contributed by atoms with Crippen molar-refractivity contribution in [1.29, 1.82) is 0 Å². The van der Waals surface area contributed by atoms with Gasteiger partial charge in [-0.2, -0.15) is 0 Å². The summed E-state index contributed by atoms with van der Waals surface area (Å²) in [6.45, 7) is 2.03. The lowest BCUT2D eigenvalue weighted by atomic mass is 10.1. The first-order valence-corrected chi connectivity index (χ1v) is 7.89. The molecule has 4 heteroatoms. The number of anilines is 1. The summed E-state index contributed by atoms with van der Waals surface area (Å²) in [6, 6.07) is 5.92. The fourth-order valence-electron chi connectivity index (χ4n) is 2.45. The number of piperidine rings is 1. The zero-order valence-electron chi connectivity index (χ0n) is 9.99. The Morgan fingerprint density at radius 1 is 1.17 bits per heavy atom. The molecule has 1 aliphatic heterocycles. The smallest absolute Gasteiger partial charge is 0.211 e. The predicted octanol–water partition coefficient (Wildman–Crippen LogP) is 4.01. The van der Waals surface area contributed by atoms with Crippen LogP contribution in [0.15, 0.2) is 32.8 Å². The number of hydrogen-bond donors (Lipinski definition) is 0. The molecule has 3 rings (SSSR count). The minimum absolute atomic E-state index is 0.173. The Bertz CT molecular complexity index is 631. The normalized spacial score (nSPS) is 16.2. The molecule has 0 bridgehead atoms. The molecule has 0 atom stereocenters. The van der Waals surface area contributed by atoms with Crippen LogP contribution in [0, 0.1) is 0 Å². The Hall–Kier alpha value is -0.870. The van der Waals surface area contributed by atoms with Crippen molar-refractivity contribution in [2.45, 2.75) is 19.3 Å². The van der Waals surface area contributed by atoms with Crippen LogP contribution in [0.1, 0.15) is 19.3 Å². The van der Waals surface area contributed by atoms with Gasteiger partial charge in [0.1, 0.15) is 0 Å². The maximum Gasteiger partial charge on any atom is 0.211 e. The highest BCUT2D eigenvalue weighted by Crippen LogP contribution is 2.25. The third kappa shape index (κ3) is 2.19. The minimum Gasteiger partial charge on any atom is -0.368 e. The number of nitrogens with zero attached hydrogens (tertiary/aromatic N) is 1. The SMILES string of the molecule is O=c1c(N2CCCCC2)csc2ccc(Br)cc12. The van der Waals surface area contributed by atoms with Crippen molar-refractivity contribution in [3.8, 4) is 0 Å². The molecule has 2 aromatic rings. The van der Waals surface area contributed by atoms with E-state index >= 15 is 0 Å². The van der Waals surface area contributed by atoms with Gasteiger partial charge >= 0.3 is 0 Å². The third-order valence-electron chi connectivity index (χ3n) is 3.41. The standard InChI is InChI=1S/C14H14BrNOS/c15-10-4-5-13-11(8-10)14(17)12(9-18-13)16-6-2-1-3-7-16/h4-5,8-9H,1-3,6-7H2. The molecule has 2 nitrogen and oxygen atoms in total. The van der Waals surface area contributed by atoms with Crippen molar-refractivity contribution < 1.29 is 0 Å². The fraction of sp³-hybridized carbons (Fsp3) is 0.357.